The Morgan fingerprint density at radius 2 is 2.32 bits per heavy atom. The molecule has 5 heteroatoms. The molecule has 0 saturated heterocycles. The zero-order chi connectivity index (χ0) is 13.4. The molecule has 0 saturated carbocycles. The van der Waals surface area contributed by atoms with Gasteiger partial charge in [-0.25, -0.2) is 0 Å². The van der Waals surface area contributed by atoms with Crippen molar-refractivity contribution >= 4 is 33.2 Å². The summed E-state index contributed by atoms with van der Waals surface area (Å²) in [5.41, 5.74) is 2.16. The molecule has 0 aliphatic heterocycles. The summed E-state index contributed by atoms with van der Waals surface area (Å²) in [6.45, 7) is 0.624. The third kappa shape index (κ3) is 2.62. The number of carbonyl (C=O) groups excluding carboxylic acids is 1. The molecule has 3 rings (SSSR count). The van der Waals surface area contributed by atoms with Gasteiger partial charge in [0.05, 0.1) is 6.54 Å². The summed E-state index contributed by atoms with van der Waals surface area (Å²) in [6.07, 6.45) is 5.57. The first-order valence-corrected chi connectivity index (χ1v) is 7.95. The van der Waals surface area contributed by atoms with E-state index in [1.165, 1.54) is 34.6 Å². The maximum atomic E-state index is 12.1. The Balaban J connectivity index is 1.65. The second-order valence-corrected chi connectivity index (χ2v) is 6.99. The van der Waals surface area contributed by atoms with Crippen molar-refractivity contribution in [1.82, 2.24) is 9.88 Å². The zero-order valence-electron chi connectivity index (χ0n) is 10.7. The lowest BCUT2D eigenvalue weighted by molar-refractivity contribution is 0.0943. The highest BCUT2D eigenvalue weighted by Gasteiger charge is 2.16. The van der Waals surface area contributed by atoms with Gasteiger partial charge in [-0.1, -0.05) is 0 Å². The Kier molecular flexibility index (Phi) is 3.50. The molecule has 1 aliphatic carbocycles. The maximum absolute atomic E-state index is 12.1. The van der Waals surface area contributed by atoms with E-state index in [9.17, 15) is 4.79 Å². The molecule has 1 amide bonds. The van der Waals surface area contributed by atoms with Crippen LogP contribution in [0.15, 0.2) is 22.8 Å². The fourth-order valence-electron chi connectivity index (χ4n) is 2.49. The molecule has 0 atom stereocenters. The van der Waals surface area contributed by atoms with Gasteiger partial charge < -0.3 is 9.88 Å². The lowest BCUT2D eigenvalue weighted by Gasteiger charge is -2.04. The number of fused-ring (bicyclic) bond motifs is 1. The molecule has 0 fully saturated rings. The van der Waals surface area contributed by atoms with E-state index in [4.69, 9.17) is 0 Å². The number of aromatic nitrogens is 1. The number of rotatable bonds is 3. The Morgan fingerprint density at radius 3 is 3.00 bits per heavy atom. The molecule has 0 aromatic carbocycles. The zero-order valence-corrected chi connectivity index (χ0v) is 13.1. The first-order chi connectivity index (χ1) is 9.13. The van der Waals surface area contributed by atoms with Crippen LogP contribution in [0.2, 0.25) is 0 Å². The van der Waals surface area contributed by atoms with Crippen molar-refractivity contribution in [2.45, 2.75) is 25.8 Å². The van der Waals surface area contributed by atoms with Gasteiger partial charge in [0.25, 0.3) is 5.91 Å². The molecule has 1 N–H and O–H groups in total. The van der Waals surface area contributed by atoms with Crippen molar-refractivity contribution in [3.05, 3.63) is 43.8 Å². The molecule has 3 nitrogen and oxygen atoms in total. The molecular weight excluding hydrogens is 324 g/mol. The highest BCUT2D eigenvalue weighted by atomic mass is 79.9. The number of nitrogens with zero attached hydrogens (tertiary/aromatic N) is 1. The minimum absolute atomic E-state index is 0.0261. The van der Waals surface area contributed by atoms with Crippen LogP contribution < -0.4 is 5.32 Å². The monoisotopic (exact) mass is 338 g/mol. The smallest absolute Gasteiger partial charge is 0.268 e. The first-order valence-electron chi connectivity index (χ1n) is 6.34. The van der Waals surface area contributed by atoms with Crippen molar-refractivity contribution in [3.63, 3.8) is 0 Å². The summed E-state index contributed by atoms with van der Waals surface area (Å²) >= 11 is 5.22. The second-order valence-electron chi connectivity index (χ2n) is 4.85. The SMILES string of the molecule is Cn1cc(Br)cc1C(=O)NCc1cc2c(s1)CCC2. The maximum Gasteiger partial charge on any atom is 0.268 e. The van der Waals surface area contributed by atoms with E-state index >= 15 is 0 Å². The van der Waals surface area contributed by atoms with Gasteiger partial charge in [-0.3, -0.25) is 4.79 Å². The van der Waals surface area contributed by atoms with Gasteiger partial charge in [0.1, 0.15) is 5.69 Å². The van der Waals surface area contributed by atoms with E-state index in [2.05, 4.69) is 27.3 Å². The van der Waals surface area contributed by atoms with Crippen molar-refractivity contribution < 1.29 is 4.79 Å². The van der Waals surface area contributed by atoms with Gasteiger partial charge >= 0.3 is 0 Å². The standard InChI is InChI=1S/C14H15BrN2OS/c1-17-8-10(15)6-12(17)14(18)16-7-11-5-9-3-2-4-13(9)19-11/h5-6,8H,2-4,7H2,1H3,(H,16,18). The number of hydrogen-bond acceptors (Lipinski definition) is 2. The molecular formula is C14H15BrN2OS. The normalized spacial score (nSPS) is 13.6. The molecule has 19 heavy (non-hydrogen) atoms. The summed E-state index contributed by atoms with van der Waals surface area (Å²) in [6, 6.07) is 4.08. The summed E-state index contributed by atoms with van der Waals surface area (Å²) in [5.74, 6) is -0.0261. The number of nitrogens with one attached hydrogen (secondary N) is 1. The largest absolute Gasteiger partial charge is 0.346 e. The van der Waals surface area contributed by atoms with Crippen molar-refractivity contribution in [3.8, 4) is 0 Å². The predicted octanol–water partition coefficient (Wildman–Crippen LogP) is 3.27. The minimum atomic E-state index is -0.0261. The van der Waals surface area contributed by atoms with Gasteiger partial charge in [-0.2, -0.15) is 0 Å². The van der Waals surface area contributed by atoms with E-state index in [0.29, 0.717) is 12.2 Å². The van der Waals surface area contributed by atoms with E-state index in [0.717, 1.165) is 4.47 Å². The number of hydrogen-bond donors (Lipinski definition) is 1. The van der Waals surface area contributed by atoms with Gasteiger partial charge in [-0.05, 0) is 52.9 Å². The topological polar surface area (TPSA) is 34.0 Å². The van der Waals surface area contributed by atoms with Crippen LogP contribution in [0.4, 0.5) is 0 Å². The number of carbonyl (C=O) groups is 1. The lowest BCUT2D eigenvalue weighted by atomic mass is 10.2. The van der Waals surface area contributed by atoms with E-state index in [1.54, 1.807) is 0 Å². The number of aryl methyl sites for hydroxylation is 3. The molecule has 1 aliphatic rings. The fourth-order valence-corrected chi connectivity index (χ4v) is 4.21. The van der Waals surface area contributed by atoms with Crippen LogP contribution in [-0.4, -0.2) is 10.5 Å². The quantitative estimate of drug-likeness (QED) is 0.915. The third-order valence-electron chi connectivity index (χ3n) is 3.43. The number of thiophene rings is 1. The van der Waals surface area contributed by atoms with Gasteiger partial charge in [-0.15, -0.1) is 11.3 Å². The molecule has 0 radical (unpaired) electrons. The highest BCUT2D eigenvalue weighted by Crippen LogP contribution is 2.30. The van der Waals surface area contributed by atoms with Gasteiger partial charge in [0.15, 0.2) is 0 Å². The van der Waals surface area contributed by atoms with Crippen LogP contribution in [0.5, 0.6) is 0 Å². The van der Waals surface area contributed by atoms with Crippen LogP contribution in [0, 0.1) is 0 Å². The van der Waals surface area contributed by atoms with Crippen LogP contribution in [0.25, 0.3) is 0 Å². The molecule has 0 bridgehead atoms. The molecule has 100 valence electrons. The van der Waals surface area contributed by atoms with E-state index in [-0.39, 0.29) is 5.91 Å². The van der Waals surface area contributed by atoms with Crippen molar-refractivity contribution in [2.24, 2.45) is 7.05 Å². The van der Waals surface area contributed by atoms with Crippen LogP contribution in [0.1, 0.15) is 32.2 Å². The average molecular weight is 339 g/mol. The molecule has 0 spiro atoms. The van der Waals surface area contributed by atoms with E-state index in [1.807, 2.05) is 35.2 Å². The second kappa shape index (κ2) is 5.13. The van der Waals surface area contributed by atoms with Crippen LogP contribution in [0.3, 0.4) is 0 Å². The summed E-state index contributed by atoms with van der Waals surface area (Å²) < 4.78 is 2.75. The first kappa shape index (κ1) is 12.9. The average Bonchev–Trinajstić information content (AvgIpc) is 3.00. The van der Waals surface area contributed by atoms with Crippen molar-refractivity contribution in [1.29, 1.82) is 0 Å². The number of amides is 1. The lowest BCUT2D eigenvalue weighted by Crippen LogP contribution is -2.24. The Hall–Kier alpha value is -1.07. The molecule has 2 aromatic heterocycles. The number of halogens is 1. The summed E-state index contributed by atoms with van der Waals surface area (Å²) in [5, 5.41) is 2.99. The fraction of sp³-hybridized carbons (Fsp3) is 0.357. The predicted molar refractivity (Wildman–Crippen MR) is 80.6 cm³/mol. The molecule has 2 heterocycles. The third-order valence-corrected chi connectivity index (χ3v) is 5.10. The van der Waals surface area contributed by atoms with Crippen LogP contribution in [-0.2, 0) is 26.4 Å². The Labute approximate surface area is 124 Å². The van der Waals surface area contributed by atoms with E-state index < -0.39 is 0 Å². The highest BCUT2D eigenvalue weighted by molar-refractivity contribution is 9.10. The molecule has 0 unspecified atom stereocenters. The van der Waals surface area contributed by atoms with Gasteiger partial charge in [0.2, 0.25) is 0 Å². The van der Waals surface area contributed by atoms with Crippen molar-refractivity contribution in [2.75, 3.05) is 0 Å². The Morgan fingerprint density at radius 1 is 1.47 bits per heavy atom. The Bertz CT molecular complexity index is 608. The van der Waals surface area contributed by atoms with Crippen LogP contribution >= 0.6 is 27.3 Å². The minimum Gasteiger partial charge on any atom is -0.346 e. The summed E-state index contributed by atoms with van der Waals surface area (Å²) in [7, 11) is 1.87. The molecule has 2 aromatic rings. The summed E-state index contributed by atoms with van der Waals surface area (Å²) in [4.78, 5) is 14.8. The van der Waals surface area contributed by atoms with Gasteiger partial charge in [0, 0.05) is 27.5 Å².